The first-order valence-electron chi connectivity index (χ1n) is 13.7. The Hall–Kier alpha value is -2.71. The van der Waals surface area contributed by atoms with E-state index >= 15 is 4.39 Å². The second kappa shape index (κ2) is 11.5. The second-order valence-electron chi connectivity index (χ2n) is 10.9. The van der Waals surface area contributed by atoms with Crippen molar-refractivity contribution in [1.29, 1.82) is 0 Å². The van der Waals surface area contributed by atoms with Crippen molar-refractivity contribution in [3.05, 3.63) is 38.0 Å². The monoisotopic (exact) mass is 716 g/mol. The van der Waals surface area contributed by atoms with Gasteiger partial charge in [-0.15, -0.1) is 6.58 Å². The maximum absolute atomic E-state index is 16.3. The topological polar surface area (TPSA) is 240 Å². The van der Waals surface area contributed by atoms with Gasteiger partial charge in [0.15, 0.2) is 35.3 Å². The second-order valence-corrected chi connectivity index (χ2v) is 16.5. The van der Waals surface area contributed by atoms with Crippen molar-refractivity contribution in [3.63, 3.8) is 0 Å². The maximum Gasteiger partial charge on any atom is 0.386 e. The number of hydrogen-bond acceptors (Lipinski definition) is 15. The lowest BCUT2D eigenvalue weighted by Gasteiger charge is -2.24. The highest BCUT2D eigenvalue weighted by molar-refractivity contribution is 8.44. The van der Waals surface area contributed by atoms with E-state index in [-0.39, 0.29) is 41.7 Å². The van der Waals surface area contributed by atoms with Crippen LogP contribution in [-0.2, 0) is 32.2 Å². The van der Waals surface area contributed by atoms with Crippen LogP contribution in [-0.4, -0.2) is 80.6 Å². The molecule has 10 atom stereocenters. The summed E-state index contributed by atoms with van der Waals surface area (Å²) in [5.74, 6) is 0.0585. The van der Waals surface area contributed by atoms with Gasteiger partial charge in [0.2, 0.25) is 0 Å². The van der Waals surface area contributed by atoms with Gasteiger partial charge in [-0.1, -0.05) is 30.6 Å². The van der Waals surface area contributed by atoms with Gasteiger partial charge >= 0.3 is 13.6 Å². The van der Waals surface area contributed by atoms with E-state index in [1.165, 1.54) is 29.9 Å². The Kier molecular flexibility index (Phi) is 7.94. The molecule has 3 aliphatic rings. The fourth-order valence-electron chi connectivity index (χ4n) is 5.91. The zero-order valence-corrected chi connectivity index (χ0v) is 27.0. The van der Waals surface area contributed by atoms with Crippen LogP contribution < -0.4 is 11.5 Å². The van der Waals surface area contributed by atoms with Crippen molar-refractivity contribution in [1.82, 2.24) is 39.0 Å². The van der Waals surface area contributed by atoms with E-state index in [0.29, 0.717) is 17.6 Å². The van der Waals surface area contributed by atoms with Crippen LogP contribution in [0, 0.1) is 5.92 Å². The van der Waals surface area contributed by atoms with Crippen molar-refractivity contribution in [2.75, 3.05) is 18.1 Å². The molecule has 2 aliphatic heterocycles. The molecule has 46 heavy (non-hydrogen) atoms. The van der Waals surface area contributed by atoms with Crippen LogP contribution in [0.15, 0.2) is 38.0 Å². The third-order valence-electron chi connectivity index (χ3n) is 8.07. The number of imidazole rings is 2. The normalized spacial score (nSPS) is 33.4. The first kappa shape index (κ1) is 31.9. The van der Waals surface area contributed by atoms with Crippen molar-refractivity contribution in [3.8, 4) is 0 Å². The molecule has 23 heteroatoms. The predicted molar refractivity (Wildman–Crippen MR) is 165 cm³/mol. The van der Waals surface area contributed by atoms with Crippen molar-refractivity contribution in [2.45, 2.75) is 55.4 Å². The number of anilines is 2. The molecule has 7 rings (SSSR count). The lowest BCUT2D eigenvalue weighted by atomic mass is 10.0. The van der Waals surface area contributed by atoms with E-state index in [2.05, 4.69) is 61.0 Å². The number of thiol groups is 2. The number of halogens is 1. The molecule has 6 heterocycles. The molecule has 1 spiro atoms. The van der Waals surface area contributed by atoms with Crippen LogP contribution in [0.2, 0.25) is 0 Å². The van der Waals surface area contributed by atoms with Crippen LogP contribution in [0.3, 0.4) is 0 Å². The molecule has 0 radical (unpaired) electrons. The van der Waals surface area contributed by atoms with E-state index in [1.54, 1.807) is 10.6 Å². The van der Waals surface area contributed by atoms with E-state index in [9.17, 15) is 14.0 Å². The molecule has 0 amide bonds. The number of nitrogen functional groups attached to an aromatic ring is 2. The van der Waals surface area contributed by atoms with Gasteiger partial charge in [-0.3, -0.25) is 22.7 Å². The molecule has 3 fully saturated rings. The molecule has 18 nitrogen and oxygen atoms in total. The Morgan fingerprint density at radius 1 is 1.04 bits per heavy atom. The molecule has 4 aromatic heterocycles. The van der Waals surface area contributed by atoms with E-state index < -0.39 is 56.1 Å². The number of ether oxygens (including phenoxy) is 2. The molecular weight excluding hydrogens is 689 g/mol. The summed E-state index contributed by atoms with van der Waals surface area (Å²) in [6.07, 6.45) is -0.107. The summed E-state index contributed by atoms with van der Waals surface area (Å²) in [6.45, 7) is -5.02. The maximum atomic E-state index is 16.3. The van der Waals surface area contributed by atoms with Crippen LogP contribution >= 0.6 is 38.1 Å². The van der Waals surface area contributed by atoms with Gasteiger partial charge in [0.25, 0.3) is 0 Å². The third-order valence-corrected chi connectivity index (χ3v) is 10.5. The first-order chi connectivity index (χ1) is 21.8. The van der Waals surface area contributed by atoms with Crippen LogP contribution in [0.1, 0.15) is 25.3 Å². The smallest absolute Gasteiger partial charge is 0.382 e. The molecule has 1 aliphatic carbocycles. The quantitative estimate of drug-likeness (QED) is 0.0900. The molecule has 1 saturated carbocycles. The summed E-state index contributed by atoms with van der Waals surface area (Å²) in [5, 5.41) is 0. The van der Waals surface area contributed by atoms with Crippen molar-refractivity contribution in [2.24, 2.45) is 5.92 Å². The SMILES string of the molecule is C=C[C@@H]1C[C@@H](COP(=O)(S)O[C@H]2[C@@H](F)[C@H](n3cnc4c(N)ncnc43)OC23C[C@H]3O[P@](=O)(O)S)O[C@H]1n1cnc2c(N)ncnc21. The van der Waals surface area contributed by atoms with Crippen LogP contribution in [0.25, 0.3) is 22.3 Å². The summed E-state index contributed by atoms with van der Waals surface area (Å²) < 4.78 is 73.3. The van der Waals surface area contributed by atoms with Gasteiger partial charge in [-0.25, -0.2) is 43.4 Å². The fourth-order valence-corrected chi connectivity index (χ4v) is 8.34. The first-order valence-corrected chi connectivity index (χ1v) is 19.1. The molecule has 2 saturated heterocycles. The van der Waals surface area contributed by atoms with Crippen molar-refractivity contribution >= 4 is 72.1 Å². The van der Waals surface area contributed by atoms with Gasteiger partial charge < -0.3 is 25.8 Å². The fraction of sp³-hybridized carbons (Fsp3) is 0.478. The standard InChI is InChI=1S/C23H27FN10O8P2S2/c1-2-10-3-11(39-21(10)33-8-31-14-17(25)27-6-29-19(14)33)5-38-44(37,46)42-16-13(24)22(40-23(16)4-12(23)41-43(35,36)45)34-9-32-15-18(26)28-7-30-20(15)34/h2,6-13,16,21-22H,1,3-5H2,(H,37,46)(H2,25,27,29)(H2,26,28,30)(H2,35,36,45)/t10-,11+,12-,13-,16+,21-,22-,23?,44?/m1/s1. The zero-order valence-electron chi connectivity index (χ0n) is 23.5. The van der Waals surface area contributed by atoms with Gasteiger partial charge in [-0.05, 0) is 6.42 Å². The highest BCUT2D eigenvalue weighted by Gasteiger charge is 2.73. The number of fused-ring (bicyclic) bond motifs is 2. The Balaban J connectivity index is 1.09. The number of alkyl halides is 1. The minimum Gasteiger partial charge on any atom is -0.382 e. The number of rotatable bonds is 10. The number of nitrogens with two attached hydrogens (primary N) is 2. The highest BCUT2D eigenvalue weighted by Crippen LogP contribution is 2.66. The van der Waals surface area contributed by atoms with E-state index in [4.69, 9.17) is 34.5 Å². The summed E-state index contributed by atoms with van der Waals surface area (Å²) in [5.41, 5.74) is 11.4. The summed E-state index contributed by atoms with van der Waals surface area (Å²) in [4.78, 5) is 34.3. The third kappa shape index (κ3) is 5.61. The largest absolute Gasteiger partial charge is 0.386 e. The molecule has 2 unspecified atom stereocenters. The number of nitrogens with zero attached hydrogens (tertiary/aromatic N) is 8. The summed E-state index contributed by atoms with van der Waals surface area (Å²) >= 11 is 7.67. The molecule has 246 valence electrons. The van der Waals surface area contributed by atoms with Crippen LogP contribution in [0.4, 0.5) is 16.0 Å². The molecule has 4 aromatic rings. The van der Waals surface area contributed by atoms with Crippen LogP contribution in [0.5, 0.6) is 0 Å². The lowest BCUT2D eigenvalue weighted by molar-refractivity contribution is -0.0561. The highest BCUT2D eigenvalue weighted by atomic mass is 32.7. The molecule has 0 bridgehead atoms. The van der Waals surface area contributed by atoms with E-state index in [1.807, 2.05) is 0 Å². The van der Waals surface area contributed by atoms with Gasteiger partial charge in [-0.2, -0.15) is 0 Å². The lowest BCUT2D eigenvalue weighted by Crippen LogP contribution is -2.35. The number of aromatic nitrogens is 8. The zero-order chi connectivity index (χ0) is 32.6. The Morgan fingerprint density at radius 2 is 1.65 bits per heavy atom. The van der Waals surface area contributed by atoms with Gasteiger partial charge in [0.1, 0.15) is 47.7 Å². The Bertz CT molecular complexity index is 1930. The molecule has 5 N–H and O–H groups in total. The average Bonchev–Trinajstić information content (AvgIpc) is 3.46. The summed E-state index contributed by atoms with van der Waals surface area (Å²) in [7, 11) is 0. The summed E-state index contributed by atoms with van der Waals surface area (Å²) in [6, 6.07) is 0. The average molecular weight is 717 g/mol. The molecular formula is C23H27FN10O8P2S2. The Morgan fingerprint density at radius 3 is 2.24 bits per heavy atom. The number of hydrogen-bond donors (Lipinski definition) is 5. The predicted octanol–water partition coefficient (Wildman–Crippen LogP) is 2.78. The van der Waals surface area contributed by atoms with Gasteiger partial charge in [0, 0.05) is 12.3 Å². The Labute approximate surface area is 269 Å². The minimum atomic E-state index is -4.33. The molecule has 0 aromatic carbocycles. The van der Waals surface area contributed by atoms with Crippen molar-refractivity contribution < 1.29 is 41.5 Å². The van der Waals surface area contributed by atoms with Gasteiger partial charge in [0.05, 0.1) is 25.4 Å². The minimum absolute atomic E-state index is 0.0607. The van der Waals surface area contributed by atoms with E-state index in [0.717, 1.165) is 0 Å².